The highest BCUT2D eigenvalue weighted by Crippen LogP contribution is 2.37. The first-order valence-corrected chi connectivity index (χ1v) is 11.6. The number of ketones is 1. The SMILES string of the molecule is CC1CN(S(=O)(=O)c2cccc(C(=O)CNc3ccc([N+](=O)[O-])c(C(F)(F)F)c3)c2)CC(C)O1. The van der Waals surface area contributed by atoms with Crippen LogP contribution in [0.1, 0.15) is 29.8 Å². The molecule has 0 bridgehead atoms. The number of hydrogen-bond acceptors (Lipinski definition) is 7. The van der Waals surface area contributed by atoms with E-state index >= 15 is 0 Å². The van der Waals surface area contributed by atoms with Crippen LogP contribution >= 0.6 is 0 Å². The monoisotopic (exact) mass is 501 g/mol. The number of Topliss-reactive ketones (excluding diaryl/α,β-unsaturated/α-hetero) is 1. The van der Waals surface area contributed by atoms with Gasteiger partial charge in [-0.05, 0) is 38.1 Å². The molecule has 0 radical (unpaired) electrons. The molecule has 13 heteroatoms. The zero-order chi connectivity index (χ0) is 25.3. The maximum Gasteiger partial charge on any atom is 0.423 e. The summed E-state index contributed by atoms with van der Waals surface area (Å²) in [4.78, 5) is 22.3. The van der Waals surface area contributed by atoms with Crippen molar-refractivity contribution in [2.45, 2.75) is 37.1 Å². The Balaban J connectivity index is 1.77. The number of anilines is 1. The lowest BCUT2D eigenvalue weighted by Gasteiger charge is -2.34. The number of nitrogens with zero attached hydrogens (tertiary/aromatic N) is 2. The predicted molar refractivity (Wildman–Crippen MR) is 116 cm³/mol. The topological polar surface area (TPSA) is 119 Å². The first-order valence-electron chi connectivity index (χ1n) is 10.2. The maximum absolute atomic E-state index is 13.1. The fourth-order valence-corrected chi connectivity index (χ4v) is 5.26. The summed E-state index contributed by atoms with van der Waals surface area (Å²) in [6.07, 6.45) is -5.55. The highest BCUT2D eigenvalue weighted by Gasteiger charge is 2.38. The summed E-state index contributed by atoms with van der Waals surface area (Å²) in [5, 5.41) is 13.4. The highest BCUT2D eigenvalue weighted by molar-refractivity contribution is 7.89. The highest BCUT2D eigenvalue weighted by atomic mass is 32.2. The third-order valence-electron chi connectivity index (χ3n) is 5.13. The van der Waals surface area contributed by atoms with E-state index in [1.54, 1.807) is 13.8 Å². The molecule has 0 saturated carbocycles. The molecule has 0 aromatic heterocycles. The Bertz CT molecular complexity index is 1190. The van der Waals surface area contributed by atoms with Crippen LogP contribution in [0.15, 0.2) is 47.4 Å². The molecule has 3 rings (SSSR count). The molecule has 1 fully saturated rings. The third-order valence-corrected chi connectivity index (χ3v) is 6.96. The molecule has 2 unspecified atom stereocenters. The van der Waals surface area contributed by atoms with Gasteiger partial charge in [0, 0.05) is 30.4 Å². The fourth-order valence-electron chi connectivity index (χ4n) is 3.62. The summed E-state index contributed by atoms with van der Waals surface area (Å²) in [5.74, 6) is -0.576. The van der Waals surface area contributed by atoms with Crippen molar-refractivity contribution in [3.05, 3.63) is 63.7 Å². The molecule has 1 aliphatic heterocycles. The van der Waals surface area contributed by atoms with E-state index in [4.69, 9.17) is 4.74 Å². The van der Waals surface area contributed by atoms with Crippen LogP contribution in [0, 0.1) is 10.1 Å². The average molecular weight is 501 g/mol. The number of nitro benzene ring substituents is 1. The first-order chi connectivity index (χ1) is 15.8. The van der Waals surface area contributed by atoms with Crippen molar-refractivity contribution in [3.8, 4) is 0 Å². The number of carbonyl (C=O) groups is 1. The number of sulfonamides is 1. The van der Waals surface area contributed by atoms with E-state index in [0.717, 1.165) is 6.07 Å². The van der Waals surface area contributed by atoms with Gasteiger partial charge in [0.1, 0.15) is 5.56 Å². The normalized spacial score (nSPS) is 19.6. The van der Waals surface area contributed by atoms with Gasteiger partial charge in [-0.1, -0.05) is 12.1 Å². The van der Waals surface area contributed by atoms with E-state index in [2.05, 4.69) is 5.32 Å². The van der Waals surface area contributed by atoms with Gasteiger partial charge in [-0.3, -0.25) is 14.9 Å². The van der Waals surface area contributed by atoms with Gasteiger partial charge in [0.15, 0.2) is 5.78 Å². The minimum absolute atomic E-state index is 0.0425. The lowest BCUT2D eigenvalue weighted by atomic mass is 10.1. The molecule has 34 heavy (non-hydrogen) atoms. The molecule has 1 N–H and O–H groups in total. The molecular weight excluding hydrogens is 479 g/mol. The van der Waals surface area contributed by atoms with Crippen molar-refractivity contribution < 1.29 is 36.0 Å². The molecular formula is C21H22F3N3O6S. The third kappa shape index (κ3) is 5.72. The van der Waals surface area contributed by atoms with Crippen molar-refractivity contribution in [2.24, 2.45) is 0 Å². The molecule has 9 nitrogen and oxygen atoms in total. The summed E-state index contributed by atoms with van der Waals surface area (Å²) in [5.41, 5.74) is -2.65. The number of ether oxygens (including phenoxy) is 1. The predicted octanol–water partition coefficient (Wildman–Crippen LogP) is 3.71. The van der Waals surface area contributed by atoms with Crippen molar-refractivity contribution in [1.82, 2.24) is 4.31 Å². The van der Waals surface area contributed by atoms with Crippen LogP contribution in [0.2, 0.25) is 0 Å². The van der Waals surface area contributed by atoms with Gasteiger partial charge in [0.2, 0.25) is 10.0 Å². The summed E-state index contributed by atoms with van der Waals surface area (Å²) in [6, 6.07) is 7.67. The van der Waals surface area contributed by atoms with Crippen LogP contribution in [-0.4, -0.2) is 55.3 Å². The number of benzene rings is 2. The Morgan fingerprint density at radius 2 is 1.82 bits per heavy atom. The van der Waals surface area contributed by atoms with E-state index in [1.165, 1.54) is 28.6 Å². The molecule has 2 atom stereocenters. The molecule has 0 aliphatic carbocycles. The molecule has 2 aromatic rings. The Labute approximate surface area is 193 Å². The van der Waals surface area contributed by atoms with Crippen molar-refractivity contribution in [1.29, 1.82) is 0 Å². The molecule has 1 aliphatic rings. The van der Waals surface area contributed by atoms with Gasteiger partial charge in [-0.15, -0.1) is 0 Å². The van der Waals surface area contributed by atoms with Crippen LogP contribution in [0.25, 0.3) is 0 Å². The van der Waals surface area contributed by atoms with Gasteiger partial charge in [-0.2, -0.15) is 17.5 Å². The van der Waals surface area contributed by atoms with Gasteiger partial charge < -0.3 is 10.1 Å². The second kappa shape index (κ2) is 9.68. The summed E-state index contributed by atoms with van der Waals surface area (Å²) in [6.45, 7) is 3.38. The number of morpholine rings is 1. The van der Waals surface area contributed by atoms with Crippen LogP contribution in [0.3, 0.4) is 0 Å². The number of carbonyl (C=O) groups excluding carboxylic acids is 1. The van der Waals surface area contributed by atoms with E-state index in [1.807, 2.05) is 0 Å². The zero-order valence-electron chi connectivity index (χ0n) is 18.2. The number of nitrogens with one attached hydrogen (secondary N) is 1. The number of hydrogen-bond donors (Lipinski definition) is 1. The maximum atomic E-state index is 13.1. The second-order valence-electron chi connectivity index (χ2n) is 7.87. The number of rotatable bonds is 7. The molecule has 2 aromatic carbocycles. The average Bonchev–Trinajstić information content (AvgIpc) is 2.76. The number of halogens is 3. The molecule has 1 saturated heterocycles. The van der Waals surface area contributed by atoms with E-state index in [-0.39, 0.29) is 41.4 Å². The fraction of sp³-hybridized carbons (Fsp3) is 0.381. The first kappa shape index (κ1) is 25.6. The van der Waals surface area contributed by atoms with E-state index in [0.29, 0.717) is 12.1 Å². The second-order valence-corrected chi connectivity index (χ2v) is 9.81. The Hall–Kier alpha value is -3.03. The van der Waals surface area contributed by atoms with Crippen LogP contribution < -0.4 is 5.32 Å². The van der Waals surface area contributed by atoms with Gasteiger partial charge in [0.25, 0.3) is 5.69 Å². The number of alkyl halides is 3. The van der Waals surface area contributed by atoms with Crippen molar-refractivity contribution in [3.63, 3.8) is 0 Å². The van der Waals surface area contributed by atoms with Crippen molar-refractivity contribution in [2.75, 3.05) is 25.0 Å². The largest absolute Gasteiger partial charge is 0.423 e. The molecule has 0 spiro atoms. The Kier molecular flexibility index (Phi) is 7.29. The Morgan fingerprint density at radius 1 is 1.18 bits per heavy atom. The molecule has 1 heterocycles. The summed E-state index contributed by atoms with van der Waals surface area (Å²) < 4.78 is 72.3. The summed E-state index contributed by atoms with van der Waals surface area (Å²) >= 11 is 0. The van der Waals surface area contributed by atoms with Gasteiger partial charge in [0.05, 0.1) is 28.6 Å². The van der Waals surface area contributed by atoms with Crippen LogP contribution in [-0.2, 0) is 20.9 Å². The quantitative estimate of drug-likeness (QED) is 0.349. The van der Waals surface area contributed by atoms with Gasteiger partial charge >= 0.3 is 6.18 Å². The molecule has 0 amide bonds. The van der Waals surface area contributed by atoms with Crippen LogP contribution in [0.4, 0.5) is 24.5 Å². The smallest absolute Gasteiger partial charge is 0.378 e. The Morgan fingerprint density at radius 3 is 2.41 bits per heavy atom. The zero-order valence-corrected chi connectivity index (χ0v) is 19.0. The minimum Gasteiger partial charge on any atom is -0.378 e. The lowest BCUT2D eigenvalue weighted by Crippen LogP contribution is -2.48. The lowest BCUT2D eigenvalue weighted by molar-refractivity contribution is -0.388. The van der Waals surface area contributed by atoms with Crippen LogP contribution in [0.5, 0.6) is 0 Å². The summed E-state index contributed by atoms with van der Waals surface area (Å²) in [7, 11) is -3.89. The van der Waals surface area contributed by atoms with Gasteiger partial charge in [-0.25, -0.2) is 8.42 Å². The number of nitro groups is 1. The van der Waals surface area contributed by atoms with E-state index < -0.39 is 44.7 Å². The van der Waals surface area contributed by atoms with E-state index in [9.17, 15) is 36.5 Å². The standard InChI is InChI=1S/C21H22F3N3O6S/c1-13-11-26(12-14(2)33-13)34(31,32)17-5-3-4-15(8-17)20(28)10-25-16-6-7-19(27(29)30)18(9-16)21(22,23)24/h3-9,13-14,25H,10-12H2,1-2H3. The van der Waals surface area contributed by atoms with Crippen molar-refractivity contribution >= 4 is 27.2 Å². The molecule has 184 valence electrons. The minimum atomic E-state index is -4.96.